The first kappa shape index (κ1) is 17.6. The maximum Gasteiger partial charge on any atom is 0.337 e. The van der Waals surface area contributed by atoms with E-state index in [4.69, 9.17) is 9.84 Å². The fourth-order valence-corrected chi connectivity index (χ4v) is 2.68. The van der Waals surface area contributed by atoms with Gasteiger partial charge in [-0.05, 0) is 18.2 Å². The van der Waals surface area contributed by atoms with Gasteiger partial charge in [-0.2, -0.15) is 0 Å². The Hall–Kier alpha value is -3.26. The molecule has 1 aliphatic heterocycles. The van der Waals surface area contributed by atoms with E-state index in [0.717, 1.165) is 5.56 Å². The first-order chi connectivity index (χ1) is 12.6. The molecule has 1 aromatic carbocycles. The Morgan fingerprint density at radius 2 is 2.08 bits per heavy atom. The Morgan fingerprint density at radius 3 is 2.77 bits per heavy atom. The zero-order valence-corrected chi connectivity index (χ0v) is 14.2. The molecule has 0 spiro atoms. The molecule has 2 heterocycles. The van der Waals surface area contributed by atoms with Crippen LogP contribution in [-0.4, -0.2) is 58.7 Å². The van der Waals surface area contributed by atoms with Crippen molar-refractivity contribution in [3.63, 3.8) is 0 Å². The summed E-state index contributed by atoms with van der Waals surface area (Å²) in [6.45, 7) is 0.0482. The van der Waals surface area contributed by atoms with Gasteiger partial charge in [0.2, 0.25) is 0 Å². The Balaban J connectivity index is 1.90. The lowest BCUT2D eigenvalue weighted by Crippen LogP contribution is -2.31. The van der Waals surface area contributed by atoms with Gasteiger partial charge in [0.15, 0.2) is 5.82 Å². The smallest absolute Gasteiger partial charge is 0.337 e. The average Bonchev–Trinajstić information content (AvgIpc) is 2.98. The summed E-state index contributed by atoms with van der Waals surface area (Å²) in [7, 11) is 1.26. The predicted molar refractivity (Wildman–Crippen MR) is 93.8 cm³/mol. The van der Waals surface area contributed by atoms with E-state index in [1.807, 2.05) is 6.07 Å². The van der Waals surface area contributed by atoms with Crippen LogP contribution in [0.5, 0.6) is 0 Å². The normalized spacial score (nSPS) is 13.9. The van der Waals surface area contributed by atoms with Crippen molar-refractivity contribution >= 4 is 17.6 Å². The molecule has 1 aliphatic rings. The van der Waals surface area contributed by atoms with Gasteiger partial charge in [0.1, 0.15) is 5.70 Å². The van der Waals surface area contributed by atoms with Gasteiger partial charge in [-0.1, -0.05) is 12.1 Å². The Kier molecular flexibility index (Phi) is 5.23. The van der Waals surface area contributed by atoms with Crippen molar-refractivity contribution in [1.29, 1.82) is 0 Å². The van der Waals surface area contributed by atoms with E-state index in [-0.39, 0.29) is 36.9 Å². The zero-order chi connectivity index (χ0) is 18.5. The largest absolute Gasteiger partial charge is 0.466 e. The highest BCUT2D eigenvalue weighted by Crippen LogP contribution is 2.25. The molecule has 2 N–H and O–H groups in total. The van der Waals surface area contributed by atoms with Crippen LogP contribution in [0.3, 0.4) is 0 Å². The number of β-amino-alcohol motifs (C(OH)–C–C–N with tert-alkyl or cyclic N) is 1. The number of hydrogen-bond donors (Lipinski definition) is 2. The quantitative estimate of drug-likeness (QED) is 0.740. The molecule has 0 fully saturated rings. The van der Waals surface area contributed by atoms with E-state index < -0.39 is 5.97 Å². The molecular weight excluding hydrogens is 336 g/mol. The summed E-state index contributed by atoms with van der Waals surface area (Å²) in [6.07, 6.45) is 3.29. The standard InChI is InChI=1S/C18H18N4O4/c1-26-18(25)14-11-22(8-9-23)17(24)15(14)21-13-5-2-4-12(10-13)16-19-6-3-7-20-16/h2-7,10,21,23H,8-9,11H2,1H3. The first-order valence-corrected chi connectivity index (χ1v) is 8.00. The maximum atomic E-state index is 12.5. The van der Waals surface area contributed by atoms with Crippen molar-refractivity contribution < 1.29 is 19.4 Å². The number of aliphatic hydroxyl groups excluding tert-OH is 1. The second-order valence-electron chi connectivity index (χ2n) is 5.57. The van der Waals surface area contributed by atoms with Crippen molar-refractivity contribution in [2.24, 2.45) is 0 Å². The third-order valence-electron chi connectivity index (χ3n) is 3.91. The van der Waals surface area contributed by atoms with E-state index in [1.165, 1.54) is 12.0 Å². The number of carbonyl (C=O) groups is 2. The molecule has 0 saturated carbocycles. The van der Waals surface area contributed by atoms with Crippen LogP contribution >= 0.6 is 0 Å². The number of carbonyl (C=O) groups excluding carboxylic acids is 2. The molecule has 0 bridgehead atoms. The molecule has 1 amide bonds. The summed E-state index contributed by atoms with van der Waals surface area (Å²) < 4.78 is 4.77. The summed E-state index contributed by atoms with van der Waals surface area (Å²) in [5.41, 5.74) is 1.77. The highest BCUT2D eigenvalue weighted by atomic mass is 16.5. The van der Waals surface area contributed by atoms with Crippen LogP contribution in [0.4, 0.5) is 5.69 Å². The monoisotopic (exact) mass is 354 g/mol. The van der Waals surface area contributed by atoms with E-state index in [9.17, 15) is 9.59 Å². The van der Waals surface area contributed by atoms with Crippen LogP contribution in [0.15, 0.2) is 54.0 Å². The number of aliphatic hydroxyl groups is 1. The number of anilines is 1. The van der Waals surface area contributed by atoms with E-state index in [1.54, 1.807) is 36.7 Å². The van der Waals surface area contributed by atoms with Crippen LogP contribution in [0.25, 0.3) is 11.4 Å². The fourth-order valence-electron chi connectivity index (χ4n) is 2.68. The van der Waals surface area contributed by atoms with E-state index >= 15 is 0 Å². The van der Waals surface area contributed by atoms with Gasteiger partial charge in [-0.3, -0.25) is 4.79 Å². The molecule has 0 saturated heterocycles. The summed E-state index contributed by atoms with van der Waals surface area (Å²) >= 11 is 0. The third kappa shape index (κ3) is 3.55. The molecule has 0 atom stereocenters. The first-order valence-electron chi connectivity index (χ1n) is 8.00. The minimum Gasteiger partial charge on any atom is -0.466 e. The van der Waals surface area contributed by atoms with Crippen molar-refractivity contribution in [3.05, 3.63) is 54.0 Å². The topological polar surface area (TPSA) is 105 Å². The fraction of sp³-hybridized carbons (Fsp3) is 0.222. The number of esters is 1. The molecule has 134 valence electrons. The number of rotatable bonds is 6. The van der Waals surface area contributed by atoms with Crippen LogP contribution in [0, 0.1) is 0 Å². The molecule has 3 rings (SSSR count). The third-order valence-corrected chi connectivity index (χ3v) is 3.91. The molecule has 1 aromatic heterocycles. The summed E-state index contributed by atoms with van der Waals surface area (Å²) in [5, 5.41) is 12.1. The Bertz CT molecular complexity index is 851. The minimum atomic E-state index is -0.580. The van der Waals surface area contributed by atoms with E-state index in [0.29, 0.717) is 11.5 Å². The molecule has 26 heavy (non-hydrogen) atoms. The highest BCUT2D eigenvalue weighted by Gasteiger charge is 2.34. The minimum absolute atomic E-state index is 0.0931. The lowest BCUT2D eigenvalue weighted by molar-refractivity contribution is -0.136. The molecule has 8 heteroatoms. The molecule has 0 aliphatic carbocycles. The number of nitrogens with zero attached hydrogens (tertiary/aromatic N) is 3. The molecule has 2 aromatic rings. The van der Waals surface area contributed by atoms with Gasteiger partial charge in [0.25, 0.3) is 5.91 Å². The van der Waals surface area contributed by atoms with Gasteiger partial charge in [-0.15, -0.1) is 0 Å². The molecule has 0 radical (unpaired) electrons. The molecular formula is C18H18N4O4. The lowest BCUT2D eigenvalue weighted by Gasteiger charge is -2.15. The number of hydrogen-bond acceptors (Lipinski definition) is 7. The number of methoxy groups -OCH3 is 1. The Morgan fingerprint density at radius 1 is 1.31 bits per heavy atom. The van der Waals surface area contributed by atoms with Gasteiger partial charge in [0, 0.05) is 30.2 Å². The van der Waals surface area contributed by atoms with Crippen molar-refractivity contribution in [2.45, 2.75) is 0 Å². The maximum absolute atomic E-state index is 12.5. The number of aromatic nitrogens is 2. The number of nitrogens with one attached hydrogen (secondary N) is 1. The van der Waals surface area contributed by atoms with Crippen LogP contribution in [0.2, 0.25) is 0 Å². The SMILES string of the molecule is COC(=O)C1=C(Nc2cccc(-c3ncccn3)c2)C(=O)N(CCO)C1. The van der Waals surface area contributed by atoms with Crippen LogP contribution in [-0.2, 0) is 14.3 Å². The zero-order valence-electron chi connectivity index (χ0n) is 14.2. The summed E-state index contributed by atoms with van der Waals surface area (Å²) in [6, 6.07) is 8.95. The van der Waals surface area contributed by atoms with Crippen molar-refractivity contribution in [2.75, 3.05) is 32.1 Å². The predicted octanol–water partition coefficient (Wildman–Crippen LogP) is 0.817. The van der Waals surface area contributed by atoms with Gasteiger partial charge in [0.05, 0.1) is 25.8 Å². The van der Waals surface area contributed by atoms with Gasteiger partial charge in [-0.25, -0.2) is 14.8 Å². The van der Waals surface area contributed by atoms with Crippen molar-refractivity contribution in [1.82, 2.24) is 14.9 Å². The molecule has 8 nitrogen and oxygen atoms in total. The summed E-state index contributed by atoms with van der Waals surface area (Å²) in [5.74, 6) is -0.386. The second-order valence-corrected chi connectivity index (χ2v) is 5.57. The van der Waals surface area contributed by atoms with Crippen molar-refractivity contribution in [3.8, 4) is 11.4 Å². The van der Waals surface area contributed by atoms with Gasteiger partial charge < -0.3 is 20.1 Å². The Labute approximate surface area is 150 Å². The van der Waals surface area contributed by atoms with Crippen LogP contribution in [0.1, 0.15) is 0 Å². The molecule has 0 unspecified atom stereocenters. The van der Waals surface area contributed by atoms with E-state index in [2.05, 4.69) is 15.3 Å². The summed E-state index contributed by atoms with van der Waals surface area (Å²) in [4.78, 5) is 34.4. The highest BCUT2D eigenvalue weighted by molar-refractivity contribution is 6.08. The number of benzene rings is 1. The van der Waals surface area contributed by atoms with Gasteiger partial charge >= 0.3 is 5.97 Å². The second kappa shape index (κ2) is 7.75. The number of ether oxygens (including phenoxy) is 1. The number of amides is 1. The van der Waals surface area contributed by atoms with Crippen LogP contribution < -0.4 is 5.32 Å². The average molecular weight is 354 g/mol. The lowest BCUT2D eigenvalue weighted by atomic mass is 10.1.